The second kappa shape index (κ2) is 43.7. The Hall–Kier alpha value is -10.4. The summed E-state index contributed by atoms with van der Waals surface area (Å²) in [4.78, 5) is 38.9. The van der Waals surface area contributed by atoms with Crippen LogP contribution >= 0.6 is 0 Å². The van der Waals surface area contributed by atoms with Gasteiger partial charge in [0.05, 0.1) is 17.1 Å². The number of aromatic nitrogens is 9. The molecule has 105 heavy (non-hydrogen) atoms. The molecule has 0 N–H and O–H groups in total. The molecule has 0 spiro atoms. The van der Waals surface area contributed by atoms with Crippen LogP contribution in [0.2, 0.25) is 0 Å². The van der Waals surface area contributed by atoms with Crippen LogP contribution < -0.4 is 0 Å². The van der Waals surface area contributed by atoms with Gasteiger partial charge < -0.3 is 29.9 Å². The molecule has 1 atom stereocenters. The average Bonchev–Trinajstić information content (AvgIpc) is 0.785. The topological polar surface area (TPSA) is 116 Å². The molecule has 0 saturated carbocycles. The van der Waals surface area contributed by atoms with Crippen LogP contribution in [-0.2, 0) is 73.1 Å². The Balaban J connectivity index is 0.000000206. The Morgan fingerprint density at radius 2 is 0.667 bits per heavy atom. The Kier molecular flexibility index (Phi) is 24.1. The van der Waals surface area contributed by atoms with Gasteiger partial charge >= 0.3 is 0 Å². The number of aryl methyl sites for hydroxylation is 4. The first-order chi connectivity index (χ1) is 57.3. The van der Waals surface area contributed by atoms with Crippen LogP contribution in [0.4, 0.5) is 0 Å². The van der Waals surface area contributed by atoms with Gasteiger partial charge in [0, 0.05) is 141 Å². The van der Waals surface area contributed by atoms with E-state index in [1.807, 2.05) is 182 Å². The molecule has 9 nitrogen and oxygen atoms in total. The van der Waals surface area contributed by atoms with Gasteiger partial charge in [-0.1, -0.05) is 107 Å². The monoisotopic (exact) mass is 1920 g/mol. The fourth-order valence-electron chi connectivity index (χ4n) is 9.65. The first-order valence-electron chi connectivity index (χ1n) is 41.8. The van der Waals surface area contributed by atoms with Crippen molar-refractivity contribution >= 4 is 0 Å². The van der Waals surface area contributed by atoms with Crippen molar-refractivity contribution in [3.05, 3.63) is 380 Å². The van der Waals surface area contributed by atoms with Crippen LogP contribution in [0.5, 0.6) is 0 Å². The number of nitrogens with zero attached hydrogens (tertiary/aromatic N) is 9. The second-order valence-corrected chi connectivity index (χ2v) is 22.5. The molecule has 9 heterocycles. The van der Waals surface area contributed by atoms with E-state index in [0.29, 0.717) is 17.1 Å². The average molecular weight is 1920 g/mol. The fraction of sp³-hybridized carbons (Fsp3) is 0.129. The smallest absolute Gasteiger partial charge is 0.0698 e. The maximum atomic E-state index is 8.25. The van der Waals surface area contributed by atoms with Crippen molar-refractivity contribution in [3.8, 4) is 101 Å². The van der Waals surface area contributed by atoms with Gasteiger partial charge in [0.25, 0.3) is 0 Å². The molecule has 15 rings (SSSR count). The van der Waals surface area contributed by atoms with Gasteiger partial charge in [0.1, 0.15) is 0 Å². The van der Waals surface area contributed by atoms with E-state index in [-0.39, 0.29) is 94.8 Å². The van der Waals surface area contributed by atoms with Crippen LogP contribution in [0.25, 0.3) is 101 Å². The third kappa shape index (κ3) is 26.1. The Bertz CT molecular complexity index is 5400. The molecule has 6 aromatic carbocycles. The summed E-state index contributed by atoms with van der Waals surface area (Å²) in [5, 5.41) is 0. The Morgan fingerprint density at radius 1 is 0.333 bits per heavy atom. The Morgan fingerprint density at radius 3 is 0.971 bits per heavy atom. The van der Waals surface area contributed by atoms with E-state index in [1.54, 1.807) is 123 Å². The minimum absolute atomic E-state index is 0. The quantitative estimate of drug-likeness (QED) is 0.104. The predicted molar refractivity (Wildman–Crippen MR) is 417 cm³/mol. The summed E-state index contributed by atoms with van der Waals surface area (Å²) in [6.45, 7) is -6.28. The molecule has 0 fully saturated rings. The largest absolute Gasteiger partial charge is 0.305 e. The number of rotatable bonds is 13. The van der Waals surface area contributed by atoms with Gasteiger partial charge in [0.2, 0.25) is 0 Å². The zero-order chi connectivity index (χ0) is 87.2. The summed E-state index contributed by atoms with van der Waals surface area (Å²) in [5.41, 5.74) is 16.2. The summed E-state index contributed by atoms with van der Waals surface area (Å²) in [6.07, 6.45) is 7.41. The normalized spacial score (nSPS) is 14.2. The van der Waals surface area contributed by atoms with Gasteiger partial charge in [0.15, 0.2) is 0 Å². The van der Waals surface area contributed by atoms with Gasteiger partial charge in [-0.05, 0) is 167 Å². The zero-order valence-electron chi connectivity index (χ0n) is 76.2. The third-order valence-corrected chi connectivity index (χ3v) is 14.6. The minimum atomic E-state index is -2.46. The second-order valence-electron chi connectivity index (χ2n) is 22.5. The molecule has 3 radical (unpaired) electrons. The van der Waals surface area contributed by atoms with Gasteiger partial charge in [-0.25, -0.2) is 0 Å². The van der Waals surface area contributed by atoms with Crippen molar-refractivity contribution in [3.63, 3.8) is 0 Å². The molecule has 0 amide bonds. The summed E-state index contributed by atoms with van der Waals surface area (Å²) in [6, 6.07) is 101. The van der Waals surface area contributed by atoms with Crippen molar-refractivity contribution in [2.45, 2.75) is 73.7 Å². The first kappa shape index (κ1) is 58.0. The van der Waals surface area contributed by atoms with E-state index in [1.165, 1.54) is 25.5 Å². The van der Waals surface area contributed by atoms with E-state index >= 15 is 0 Å². The predicted octanol–water partition coefficient (Wildman–Crippen LogP) is 22.3. The van der Waals surface area contributed by atoms with Crippen LogP contribution in [0.3, 0.4) is 0 Å². The van der Waals surface area contributed by atoms with Gasteiger partial charge in [-0.15, -0.1) is 215 Å². The molecule has 0 saturated heterocycles. The van der Waals surface area contributed by atoms with Crippen LogP contribution in [0, 0.1) is 62.8 Å². The van der Waals surface area contributed by atoms with E-state index < -0.39 is 52.4 Å². The first-order valence-corrected chi connectivity index (χ1v) is 32.3. The molecule has 0 aliphatic carbocycles. The molecule has 0 aliphatic heterocycles. The fourth-order valence-corrected chi connectivity index (χ4v) is 9.65. The van der Waals surface area contributed by atoms with Crippen molar-refractivity contribution in [2.75, 3.05) is 0 Å². The maximum absolute atomic E-state index is 8.25. The molecule has 531 valence electrons. The van der Waals surface area contributed by atoms with Crippen LogP contribution in [0.1, 0.15) is 100 Å². The van der Waals surface area contributed by atoms with Gasteiger partial charge in [-0.3, -0.25) is 15.0 Å². The van der Waals surface area contributed by atoms with Crippen molar-refractivity contribution < 1.29 is 86.4 Å². The van der Waals surface area contributed by atoms with E-state index in [4.69, 9.17) is 26.0 Å². The van der Waals surface area contributed by atoms with Crippen LogP contribution in [-0.4, -0.2) is 44.9 Å². The molecule has 15 aromatic rings. The standard InChI is InChI=1S/C20H19N2.C19H17N2.C18H15N2.3C12H10N.3Ir/c1-15(2)13-18-9-6-10-19(22-18)17-11-12-21-20(14-17)16-7-4-3-5-8-16;1-14(2)17-9-6-10-18(21-17)16-11-12-20-19(13-16)15-7-4-3-5-8-15;1-2-16-9-6-10-17(20-16)15-11-12-19-18(13-15)14-7-4-3-5-8-14;3*1-10-7-8-12(13-9-10)11-5-3-2-4-6-11;;;/h3-7,9-12,14-15H,13H2,1-2H3;3-7,9-14H,1-2H3;3-7,9-13H,2H2,1H3;3*2-5,7-9H,1H3;;;/q6*-1;;;/i13D2,15D;1D3,14D;4*1D3;;;. The van der Waals surface area contributed by atoms with E-state index in [0.717, 1.165) is 89.9 Å². The molecule has 1 unspecified atom stereocenters. The van der Waals surface area contributed by atoms with E-state index in [9.17, 15) is 0 Å². The van der Waals surface area contributed by atoms with Crippen molar-refractivity contribution in [2.24, 2.45) is 5.89 Å². The zero-order valence-corrected chi connectivity index (χ0v) is 64.4. The van der Waals surface area contributed by atoms with Crippen molar-refractivity contribution in [1.29, 1.82) is 0 Å². The number of pyridine rings is 9. The van der Waals surface area contributed by atoms with E-state index in [2.05, 4.69) is 81.3 Å². The Labute approximate surface area is 688 Å². The molecule has 12 heteroatoms. The molecular formula is C93H81Ir3N9-6. The summed E-state index contributed by atoms with van der Waals surface area (Å²) in [7, 11) is 0. The van der Waals surface area contributed by atoms with Crippen molar-refractivity contribution in [1.82, 2.24) is 44.9 Å². The SMILES string of the molecule is [2H]C(C)(C)C([2H])([2H])c1cccc(-c2ccnc(-c3[c-]cccc3)c2)n1.[2H]C([2H])([2H])C([2H])(C)c1cccc(-c2ccnc(-c3[c-]cccc3)c2)n1.[2H]C([2H])([2H])Cc1cccc(-c2ccnc(-c3[c-]cccc3)c2)n1.[2H]C([2H])([2H])c1ccc(-c2[c-]cccc2)nc1.[2H]C([2H])([2H])c1ccc(-c2[c-]cccc2)nc1.[2H]C([2H])([2H])c1ccc(-c2[c-]cccc2)nc1.[Ir].[Ir].[Ir]. The summed E-state index contributed by atoms with van der Waals surface area (Å²) in [5.74, 6) is -3.06. The maximum Gasteiger partial charge on any atom is 0.0698 e. The molecule has 0 aliphatic rings. The van der Waals surface area contributed by atoms with Gasteiger partial charge in [-0.2, -0.15) is 0 Å². The third-order valence-electron chi connectivity index (χ3n) is 14.6. The summed E-state index contributed by atoms with van der Waals surface area (Å²) >= 11 is 0. The minimum Gasteiger partial charge on any atom is -0.305 e. The molecule has 0 bridgehead atoms. The number of hydrogen-bond donors (Lipinski definition) is 0. The summed E-state index contributed by atoms with van der Waals surface area (Å²) < 4.78 is 143. The molecule has 9 aromatic heterocycles. The van der Waals surface area contributed by atoms with Crippen LogP contribution in [0.15, 0.2) is 310 Å². The number of benzene rings is 6. The number of hydrogen-bond acceptors (Lipinski definition) is 9. The molecular weight excluding hydrogens is 1820 g/mol.